The second kappa shape index (κ2) is 11.9. The van der Waals surface area contributed by atoms with Gasteiger partial charge < -0.3 is 9.47 Å². The molecule has 3 aliphatic rings. The first-order chi connectivity index (χ1) is 27.2. The van der Waals surface area contributed by atoms with Gasteiger partial charge in [0.15, 0.2) is 28.8 Å². The second-order valence-electron chi connectivity index (χ2n) is 16.2. The van der Waals surface area contributed by atoms with E-state index in [1.165, 1.54) is 38.9 Å². The van der Waals surface area contributed by atoms with Crippen LogP contribution < -0.4 is 9.47 Å². The highest BCUT2D eigenvalue weighted by Gasteiger charge is 2.40. The van der Waals surface area contributed by atoms with E-state index < -0.39 is 0 Å². The minimum atomic E-state index is -0.120. The minimum Gasteiger partial charge on any atom is -0.449 e. The minimum absolute atomic E-state index is 0.102. The molecule has 1 aliphatic heterocycles. The van der Waals surface area contributed by atoms with Gasteiger partial charge in [-0.2, -0.15) is 0 Å². The van der Waals surface area contributed by atoms with Gasteiger partial charge in [-0.1, -0.05) is 155 Å². The molecule has 11 rings (SSSR count). The molecule has 1 aromatic heterocycles. The van der Waals surface area contributed by atoms with Crippen molar-refractivity contribution in [3.63, 3.8) is 0 Å². The lowest BCUT2D eigenvalue weighted by atomic mass is 9.82. The average molecular weight is 723 g/mol. The van der Waals surface area contributed by atoms with E-state index >= 15 is 0 Å². The van der Waals surface area contributed by atoms with Crippen LogP contribution in [-0.2, 0) is 10.8 Å². The van der Waals surface area contributed by atoms with E-state index in [0.717, 1.165) is 56.3 Å². The van der Waals surface area contributed by atoms with Crippen LogP contribution in [0.15, 0.2) is 158 Å². The SMILES string of the molecule is CC1(C)c2ccccc2-c2ccc(-c3cc(-c4ccc(-c5ccc6c(c5)Oc5c(ccc7c5-c5ccccc5C7(C)C)O6)cc4)nc(-c4ccccc4)n3)cc21. The Kier molecular flexibility index (Phi) is 6.91. The number of nitrogens with zero attached hydrogens (tertiary/aromatic N) is 2. The summed E-state index contributed by atoms with van der Waals surface area (Å²) in [7, 11) is 0. The summed E-state index contributed by atoms with van der Waals surface area (Å²) in [5.74, 6) is 3.65. The van der Waals surface area contributed by atoms with Gasteiger partial charge in [0.05, 0.1) is 11.4 Å². The van der Waals surface area contributed by atoms with Gasteiger partial charge in [-0.3, -0.25) is 0 Å². The van der Waals surface area contributed by atoms with Crippen molar-refractivity contribution in [1.29, 1.82) is 0 Å². The highest BCUT2D eigenvalue weighted by molar-refractivity contribution is 5.88. The van der Waals surface area contributed by atoms with Gasteiger partial charge in [-0.05, 0) is 80.4 Å². The highest BCUT2D eigenvalue weighted by Crippen LogP contribution is 2.58. The zero-order chi connectivity index (χ0) is 37.8. The molecular weight excluding hydrogens is 685 g/mol. The van der Waals surface area contributed by atoms with Crippen LogP contribution in [0.1, 0.15) is 49.9 Å². The molecule has 0 atom stereocenters. The van der Waals surface area contributed by atoms with E-state index in [1.807, 2.05) is 30.3 Å². The number of benzene rings is 7. The Bertz CT molecular complexity index is 2910. The average Bonchev–Trinajstić information content (AvgIpc) is 3.62. The second-order valence-corrected chi connectivity index (χ2v) is 16.2. The standard InChI is InChI=1S/C52H38N2O2/c1-51(2)40-17-11-9-15-38(40)48-41(51)25-27-46-49(48)56-47-29-34(23-26-45(47)55-46)31-18-20-32(21-19-31)43-30-44(54-50(53-43)33-12-6-5-7-13-33)35-22-24-37-36-14-8-10-16-39(36)52(3,4)42(37)28-35/h5-30H,1-4H3. The Hall–Kier alpha value is -6.78. The molecule has 8 aromatic rings. The molecule has 4 heteroatoms. The van der Waals surface area contributed by atoms with Crippen molar-refractivity contribution in [1.82, 2.24) is 9.97 Å². The number of ether oxygens (including phenoxy) is 2. The molecule has 4 nitrogen and oxygen atoms in total. The zero-order valence-electron chi connectivity index (χ0n) is 31.7. The lowest BCUT2D eigenvalue weighted by molar-refractivity contribution is 0.360. The number of hydrogen-bond acceptors (Lipinski definition) is 4. The molecule has 0 radical (unpaired) electrons. The van der Waals surface area contributed by atoms with E-state index in [2.05, 4.69) is 155 Å². The van der Waals surface area contributed by atoms with Gasteiger partial charge in [0.1, 0.15) is 0 Å². The normalized spacial score (nSPS) is 14.6. The number of aromatic nitrogens is 2. The summed E-state index contributed by atoms with van der Waals surface area (Å²) in [4.78, 5) is 10.3. The summed E-state index contributed by atoms with van der Waals surface area (Å²) in [5, 5.41) is 0. The monoisotopic (exact) mass is 722 g/mol. The van der Waals surface area contributed by atoms with Gasteiger partial charge >= 0.3 is 0 Å². The van der Waals surface area contributed by atoms with Crippen molar-refractivity contribution in [2.45, 2.75) is 38.5 Å². The van der Waals surface area contributed by atoms with Gasteiger partial charge in [0, 0.05) is 33.1 Å². The van der Waals surface area contributed by atoms with Crippen molar-refractivity contribution in [3.8, 4) is 90.3 Å². The molecule has 0 fully saturated rings. The molecule has 56 heavy (non-hydrogen) atoms. The van der Waals surface area contributed by atoms with Crippen molar-refractivity contribution in [2.75, 3.05) is 0 Å². The fourth-order valence-electron chi connectivity index (χ4n) is 9.16. The van der Waals surface area contributed by atoms with Crippen LogP contribution in [0.25, 0.3) is 67.3 Å². The molecule has 2 heterocycles. The Morgan fingerprint density at radius 3 is 1.75 bits per heavy atom. The largest absolute Gasteiger partial charge is 0.449 e. The highest BCUT2D eigenvalue weighted by atomic mass is 16.6. The molecule has 0 spiro atoms. The maximum Gasteiger partial charge on any atom is 0.178 e. The van der Waals surface area contributed by atoms with Crippen LogP contribution in [0.4, 0.5) is 0 Å². The van der Waals surface area contributed by atoms with E-state index in [-0.39, 0.29) is 10.8 Å². The van der Waals surface area contributed by atoms with E-state index in [0.29, 0.717) is 17.3 Å². The fourth-order valence-corrected chi connectivity index (χ4v) is 9.16. The van der Waals surface area contributed by atoms with Crippen molar-refractivity contribution in [2.24, 2.45) is 0 Å². The summed E-state index contributed by atoms with van der Waals surface area (Å²) in [6.07, 6.45) is 0. The topological polar surface area (TPSA) is 44.2 Å². The van der Waals surface area contributed by atoms with Crippen molar-refractivity contribution in [3.05, 3.63) is 180 Å². The van der Waals surface area contributed by atoms with Crippen LogP contribution in [-0.4, -0.2) is 9.97 Å². The number of fused-ring (bicyclic) bond motifs is 9. The van der Waals surface area contributed by atoms with E-state index in [4.69, 9.17) is 19.4 Å². The first-order valence-electron chi connectivity index (χ1n) is 19.3. The fraction of sp³-hybridized carbons (Fsp3) is 0.115. The lowest BCUT2D eigenvalue weighted by Gasteiger charge is -2.25. The maximum atomic E-state index is 6.75. The molecule has 0 N–H and O–H groups in total. The number of rotatable bonds is 4. The molecular formula is C52H38N2O2. The van der Waals surface area contributed by atoms with E-state index in [9.17, 15) is 0 Å². The third kappa shape index (κ3) is 4.85. The molecule has 0 amide bonds. The molecule has 0 bridgehead atoms. The van der Waals surface area contributed by atoms with Crippen molar-refractivity contribution >= 4 is 0 Å². The zero-order valence-corrected chi connectivity index (χ0v) is 31.7. The molecule has 0 unspecified atom stereocenters. The van der Waals surface area contributed by atoms with Gasteiger partial charge in [0.2, 0.25) is 0 Å². The van der Waals surface area contributed by atoms with Crippen LogP contribution in [0.2, 0.25) is 0 Å². The van der Waals surface area contributed by atoms with Gasteiger partial charge in [0.25, 0.3) is 0 Å². The Morgan fingerprint density at radius 1 is 0.375 bits per heavy atom. The first kappa shape index (κ1) is 32.6. The Balaban J connectivity index is 0.946. The summed E-state index contributed by atoms with van der Waals surface area (Å²) < 4.78 is 13.2. The summed E-state index contributed by atoms with van der Waals surface area (Å²) >= 11 is 0. The summed E-state index contributed by atoms with van der Waals surface area (Å²) in [5.41, 5.74) is 16.9. The predicted molar refractivity (Wildman–Crippen MR) is 225 cm³/mol. The van der Waals surface area contributed by atoms with Crippen LogP contribution >= 0.6 is 0 Å². The maximum absolute atomic E-state index is 6.75. The molecule has 0 saturated carbocycles. The molecule has 7 aromatic carbocycles. The van der Waals surface area contributed by atoms with Crippen molar-refractivity contribution < 1.29 is 9.47 Å². The van der Waals surface area contributed by atoms with Gasteiger partial charge in [-0.15, -0.1) is 0 Å². The Morgan fingerprint density at radius 2 is 0.964 bits per heavy atom. The Labute approximate surface area is 327 Å². The lowest BCUT2D eigenvalue weighted by Crippen LogP contribution is -2.15. The van der Waals surface area contributed by atoms with Gasteiger partial charge in [-0.25, -0.2) is 9.97 Å². The third-order valence-electron chi connectivity index (χ3n) is 12.2. The quantitative estimate of drug-likeness (QED) is 0.181. The number of hydrogen-bond donors (Lipinski definition) is 0. The summed E-state index contributed by atoms with van der Waals surface area (Å²) in [6.45, 7) is 9.19. The molecule has 0 saturated heterocycles. The van der Waals surface area contributed by atoms with Crippen LogP contribution in [0.3, 0.4) is 0 Å². The first-order valence-corrected chi connectivity index (χ1v) is 19.3. The van der Waals surface area contributed by atoms with E-state index in [1.54, 1.807) is 0 Å². The molecule has 2 aliphatic carbocycles. The summed E-state index contributed by atoms with van der Waals surface area (Å²) in [6, 6.07) is 55.6. The molecule has 268 valence electrons. The third-order valence-corrected chi connectivity index (χ3v) is 12.2. The smallest absolute Gasteiger partial charge is 0.178 e. The van der Waals surface area contributed by atoms with Crippen LogP contribution in [0, 0.1) is 0 Å². The predicted octanol–water partition coefficient (Wildman–Crippen LogP) is 13.7. The van der Waals surface area contributed by atoms with Crippen LogP contribution in [0.5, 0.6) is 23.0 Å².